The number of rotatable bonds is 4. The Balaban J connectivity index is 1.47. The quantitative estimate of drug-likeness (QED) is 0.864. The Morgan fingerprint density at radius 2 is 1.55 bits per heavy atom. The van der Waals surface area contributed by atoms with Crippen LogP contribution in [-0.4, -0.2) is 30.0 Å². The number of ether oxygens (including phenoxy) is 1. The predicted octanol–water partition coefficient (Wildman–Crippen LogP) is 3.51. The van der Waals surface area contributed by atoms with Gasteiger partial charge in [-0.1, -0.05) is 48.5 Å². The van der Waals surface area contributed by atoms with E-state index in [2.05, 4.69) is 12.1 Å². The van der Waals surface area contributed by atoms with E-state index in [1.807, 2.05) is 53.4 Å². The number of amides is 1. The van der Waals surface area contributed by atoms with Crippen LogP contribution in [0.3, 0.4) is 0 Å². The van der Waals surface area contributed by atoms with Crippen LogP contribution in [0.5, 0.6) is 0 Å². The first kappa shape index (κ1) is 14.8. The van der Waals surface area contributed by atoms with Gasteiger partial charge in [0, 0.05) is 18.7 Å². The molecule has 1 fully saturated rings. The molecule has 0 unspecified atom stereocenters. The SMILES string of the molecule is O=C(c1ccccc1)N1CCC(OCc2ccccc2)CC1. The van der Waals surface area contributed by atoms with Crippen LogP contribution in [0, 0.1) is 0 Å². The summed E-state index contributed by atoms with van der Waals surface area (Å²) in [6, 6.07) is 19.7. The molecule has 1 aliphatic heterocycles. The highest BCUT2D eigenvalue weighted by atomic mass is 16.5. The largest absolute Gasteiger partial charge is 0.373 e. The number of carbonyl (C=O) groups is 1. The summed E-state index contributed by atoms with van der Waals surface area (Å²) in [6.45, 7) is 2.19. The van der Waals surface area contributed by atoms with Crippen LogP contribution >= 0.6 is 0 Å². The maximum atomic E-state index is 12.4. The lowest BCUT2D eigenvalue weighted by molar-refractivity contribution is -0.000378. The van der Waals surface area contributed by atoms with Gasteiger partial charge in [-0.15, -0.1) is 0 Å². The molecular formula is C19H21NO2. The topological polar surface area (TPSA) is 29.5 Å². The molecule has 0 aliphatic carbocycles. The van der Waals surface area contributed by atoms with Gasteiger partial charge in [0.2, 0.25) is 0 Å². The maximum Gasteiger partial charge on any atom is 0.253 e. The number of likely N-dealkylation sites (tertiary alicyclic amines) is 1. The first-order valence-electron chi connectivity index (χ1n) is 7.83. The van der Waals surface area contributed by atoms with E-state index in [4.69, 9.17) is 4.74 Å². The summed E-state index contributed by atoms with van der Waals surface area (Å²) in [5.74, 6) is 0.127. The average molecular weight is 295 g/mol. The molecule has 1 amide bonds. The monoisotopic (exact) mass is 295 g/mol. The first-order chi connectivity index (χ1) is 10.8. The van der Waals surface area contributed by atoms with Crippen LogP contribution in [0.4, 0.5) is 0 Å². The highest BCUT2D eigenvalue weighted by Gasteiger charge is 2.23. The molecule has 1 heterocycles. The summed E-state index contributed by atoms with van der Waals surface area (Å²) in [4.78, 5) is 14.3. The molecule has 0 spiro atoms. The number of hydrogen-bond acceptors (Lipinski definition) is 2. The summed E-state index contributed by atoms with van der Waals surface area (Å²) in [5.41, 5.74) is 1.97. The second kappa shape index (κ2) is 7.23. The lowest BCUT2D eigenvalue weighted by Gasteiger charge is -2.32. The van der Waals surface area contributed by atoms with Gasteiger partial charge in [0.15, 0.2) is 0 Å². The Hall–Kier alpha value is -2.13. The van der Waals surface area contributed by atoms with Crippen molar-refractivity contribution in [3.8, 4) is 0 Å². The van der Waals surface area contributed by atoms with Gasteiger partial charge in [-0.2, -0.15) is 0 Å². The Bertz CT molecular complexity index is 589. The van der Waals surface area contributed by atoms with Crippen molar-refractivity contribution < 1.29 is 9.53 Å². The smallest absolute Gasteiger partial charge is 0.253 e. The highest BCUT2D eigenvalue weighted by molar-refractivity contribution is 5.94. The van der Waals surface area contributed by atoms with Gasteiger partial charge in [0.25, 0.3) is 5.91 Å². The number of carbonyl (C=O) groups excluding carboxylic acids is 1. The molecule has 0 atom stereocenters. The van der Waals surface area contributed by atoms with Crippen molar-refractivity contribution in [1.82, 2.24) is 4.90 Å². The third-order valence-electron chi connectivity index (χ3n) is 4.08. The average Bonchev–Trinajstić information content (AvgIpc) is 2.61. The van der Waals surface area contributed by atoms with E-state index < -0.39 is 0 Å². The molecule has 3 heteroatoms. The zero-order valence-corrected chi connectivity index (χ0v) is 12.7. The zero-order valence-electron chi connectivity index (χ0n) is 12.7. The highest BCUT2D eigenvalue weighted by Crippen LogP contribution is 2.17. The fourth-order valence-electron chi connectivity index (χ4n) is 2.78. The second-order valence-electron chi connectivity index (χ2n) is 5.65. The second-order valence-corrected chi connectivity index (χ2v) is 5.65. The third-order valence-corrected chi connectivity index (χ3v) is 4.08. The molecule has 3 rings (SSSR count). The summed E-state index contributed by atoms with van der Waals surface area (Å²) in [5, 5.41) is 0. The Morgan fingerprint density at radius 3 is 2.18 bits per heavy atom. The van der Waals surface area contributed by atoms with Crippen LogP contribution in [-0.2, 0) is 11.3 Å². The van der Waals surface area contributed by atoms with Crippen molar-refractivity contribution in [3.05, 3.63) is 71.8 Å². The van der Waals surface area contributed by atoms with Crippen LogP contribution in [0.1, 0.15) is 28.8 Å². The fourth-order valence-corrected chi connectivity index (χ4v) is 2.78. The normalized spacial score (nSPS) is 15.7. The van der Waals surface area contributed by atoms with E-state index in [9.17, 15) is 4.79 Å². The van der Waals surface area contributed by atoms with Gasteiger partial charge in [0.05, 0.1) is 12.7 Å². The van der Waals surface area contributed by atoms with Crippen molar-refractivity contribution >= 4 is 5.91 Å². The van der Waals surface area contributed by atoms with Gasteiger partial charge in [-0.25, -0.2) is 0 Å². The molecule has 114 valence electrons. The molecule has 0 saturated carbocycles. The molecule has 1 aliphatic rings. The van der Waals surface area contributed by atoms with Gasteiger partial charge >= 0.3 is 0 Å². The third kappa shape index (κ3) is 3.74. The van der Waals surface area contributed by atoms with E-state index in [1.54, 1.807) is 0 Å². The molecule has 22 heavy (non-hydrogen) atoms. The minimum absolute atomic E-state index is 0.127. The van der Waals surface area contributed by atoms with Gasteiger partial charge in [-0.3, -0.25) is 4.79 Å². The molecule has 0 radical (unpaired) electrons. The van der Waals surface area contributed by atoms with Crippen molar-refractivity contribution in [2.45, 2.75) is 25.6 Å². The molecular weight excluding hydrogens is 274 g/mol. The number of piperidine rings is 1. The fraction of sp³-hybridized carbons (Fsp3) is 0.316. The van der Waals surface area contributed by atoms with E-state index >= 15 is 0 Å². The van der Waals surface area contributed by atoms with Crippen molar-refractivity contribution in [3.63, 3.8) is 0 Å². The summed E-state index contributed by atoms with van der Waals surface area (Å²) >= 11 is 0. The van der Waals surface area contributed by atoms with E-state index in [0.717, 1.165) is 31.5 Å². The van der Waals surface area contributed by atoms with Crippen molar-refractivity contribution in [2.24, 2.45) is 0 Å². The first-order valence-corrected chi connectivity index (χ1v) is 7.83. The molecule has 0 bridgehead atoms. The van der Waals surface area contributed by atoms with E-state index in [1.165, 1.54) is 5.56 Å². The Labute approximate surface area is 131 Å². The molecule has 0 N–H and O–H groups in total. The predicted molar refractivity (Wildman–Crippen MR) is 86.6 cm³/mol. The molecule has 2 aromatic carbocycles. The number of benzene rings is 2. The van der Waals surface area contributed by atoms with Crippen molar-refractivity contribution in [1.29, 1.82) is 0 Å². The van der Waals surface area contributed by atoms with E-state index in [0.29, 0.717) is 6.61 Å². The summed E-state index contributed by atoms with van der Waals surface area (Å²) < 4.78 is 5.96. The maximum absolute atomic E-state index is 12.4. The summed E-state index contributed by atoms with van der Waals surface area (Å²) in [6.07, 6.45) is 2.07. The van der Waals surface area contributed by atoms with Crippen LogP contribution in [0.15, 0.2) is 60.7 Å². The molecule has 0 aromatic heterocycles. The van der Waals surface area contributed by atoms with Gasteiger partial charge in [0.1, 0.15) is 0 Å². The lowest BCUT2D eigenvalue weighted by Crippen LogP contribution is -2.40. The van der Waals surface area contributed by atoms with Gasteiger partial charge in [-0.05, 0) is 30.5 Å². The molecule has 1 saturated heterocycles. The molecule has 3 nitrogen and oxygen atoms in total. The minimum atomic E-state index is 0.127. The molecule has 2 aromatic rings. The standard InChI is InChI=1S/C19H21NO2/c21-19(17-9-5-2-6-10-17)20-13-11-18(12-14-20)22-15-16-7-3-1-4-8-16/h1-10,18H,11-15H2. The van der Waals surface area contributed by atoms with Crippen LogP contribution < -0.4 is 0 Å². The number of nitrogens with zero attached hydrogens (tertiary/aromatic N) is 1. The van der Waals surface area contributed by atoms with Crippen LogP contribution in [0.25, 0.3) is 0 Å². The van der Waals surface area contributed by atoms with Crippen LogP contribution in [0.2, 0.25) is 0 Å². The van der Waals surface area contributed by atoms with Crippen molar-refractivity contribution in [2.75, 3.05) is 13.1 Å². The Morgan fingerprint density at radius 1 is 0.955 bits per heavy atom. The Kier molecular flexibility index (Phi) is 4.86. The lowest BCUT2D eigenvalue weighted by atomic mass is 10.1. The van der Waals surface area contributed by atoms with E-state index in [-0.39, 0.29) is 12.0 Å². The zero-order chi connectivity index (χ0) is 15.2. The summed E-state index contributed by atoms with van der Waals surface area (Å²) in [7, 11) is 0. The number of hydrogen-bond donors (Lipinski definition) is 0. The van der Waals surface area contributed by atoms with Gasteiger partial charge < -0.3 is 9.64 Å². The minimum Gasteiger partial charge on any atom is -0.373 e.